The van der Waals surface area contributed by atoms with E-state index in [0.29, 0.717) is 5.56 Å². The summed E-state index contributed by atoms with van der Waals surface area (Å²) in [7, 11) is 1.34. The average Bonchev–Trinajstić information content (AvgIpc) is 2.47. The molecule has 0 saturated heterocycles. The second-order valence-electron chi connectivity index (χ2n) is 4.66. The van der Waals surface area contributed by atoms with Gasteiger partial charge in [-0.15, -0.1) is 0 Å². The van der Waals surface area contributed by atoms with Crippen LogP contribution in [0.3, 0.4) is 0 Å². The maximum atomic E-state index is 12.2. The van der Waals surface area contributed by atoms with E-state index < -0.39 is 11.5 Å². The molecular weight excluding hydrogens is 254 g/mol. The van der Waals surface area contributed by atoms with Crippen molar-refractivity contribution in [3.63, 3.8) is 0 Å². The van der Waals surface area contributed by atoms with Crippen LogP contribution < -0.4 is 5.32 Å². The van der Waals surface area contributed by atoms with Gasteiger partial charge >= 0.3 is 5.97 Å². The number of benzene rings is 2. The van der Waals surface area contributed by atoms with Crippen LogP contribution in [0, 0.1) is 0 Å². The molecule has 0 spiro atoms. The van der Waals surface area contributed by atoms with Crippen LogP contribution in [-0.2, 0) is 15.1 Å². The smallest absolute Gasteiger partial charge is 0.335 e. The number of carbonyl (C=O) groups is 1. The number of anilines is 1. The second kappa shape index (κ2) is 5.65. The Labute approximate surface area is 118 Å². The Morgan fingerprint density at radius 3 is 2.45 bits per heavy atom. The van der Waals surface area contributed by atoms with E-state index in [9.17, 15) is 9.90 Å². The largest absolute Gasteiger partial charge is 0.508 e. The van der Waals surface area contributed by atoms with E-state index >= 15 is 0 Å². The van der Waals surface area contributed by atoms with Crippen LogP contribution in [0.4, 0.5) is 5.69 Å². The molecule has 2 aromatic carbocycles. The van der Waals surface area contributed by atoms with Crippen molar-refractivity contribution >= 4 is 11.7 Å². The predicted molar refractivity (Wildman–Crippen MR) is 77.5 cm³/mol. The lowest BCUT2D eigenvalue weighted by atomic mass is 9.91. The highest BCUT2D eigenvalue weighted by molar-refractivity contribution is 5.85. The second-order valence-corrected chi connectivity index (χ2v) is 4.66. The summed E-state index contributed by atoms with van der Waals surface area (Å²) in [4.78, 5) is 12.2. The predicted octanol–water partition coefficient (Wildman–Crippen LogP) is 2.89. The SMILES string of the molecule is COC(=O)C(C)(Nc1ccccc1)c1cccc(O)c1. The van der Waals surface area contributed by atoms with E-state index in [-0.39, 0.29) is 5.75 Å². The molecule has 0 saturated carbocycles. The van der Waals surface area contributed by atoms with Crippen molar-refractivity contribution in [1.82, 2.24) is 0 Å². The fourth-order valence-corrected chi connectivity index (χ4v) is 2.07. The molecule has 0 aromatic heterocycles. The van der Waals surface area contributed by atoms with Crippen molar-refractivity contribution in [2.24, 2.45) is 0 Å². The first-order valence-corrected chi connectivity index (χ1v) is 6.27. The molecule has 20 heavy (non-hydrogen) atoms. The van der Waals surface area contributed by atoms with Crippen molar-refractivity contribution in [3.05, 3.63) is 60.2 Å². The lowest BCUT2D eigenvalue weighted by molar-refractivity contribution is -0.145. The zero-order chi connectivity index (χ0) is 14.6. The highest BCUT2D eigenvalue weighted by Crippen LogP contribution is 2.29. The van der Waals surface area contributed by atoms with E-state index in [4.69, 9.17) is 4.74 Å². The summed E-state index contributed by atoms with van der Waals surface area (Å²) in [6, 6.07) is 16.0. The molecule has 104 valence electrons. The molecule has 0 radical (unpaired) electrons. The molecule has 0 fully saturated rings. The van der Waals surface area contributed by atoms with Gasteiger partial charge in [0.15, 0.2) is 5.54 Å². The molecule has 0 aliphatic heterocycles. The van der Waals surface area contributed by atoms with Crippen LogP contribution >= 0.6 is 0 Å². The first-order valence-electron chi connectivity index (χ1n) is 6.27. The van der Waals surface area contributed by atoms with Gasteiger partial charge in [-0.3, -0.25) is 0 Å². The number of methoxy groups -OCH3 is 1. The lowest BCUT2D eigenvalue weighted by Gasteiger charge is -2.29. The molecule has 2 rings (SSSR count). The summed E-state index contributed by atoms with van der Waals surface area (Å²) in [5.74, 6) is -0.320. The summed E-state index contributed by atoms with van der Waals surface area (Å²) >= 11 is 0. The molecule has 4 nitrogen and oxygen atoms in total. The van der Waals surface area contributed by atoms with E-state index in [1.807, 2.05) is 30.3 Å². The van der Waals surface area contributed by atoms with Crippen molar-refractivity contribution in [3.8, 4) is 5.75 Å². The summed E-state index contributed by atoms with van der Waals surface area (Å²) in [6.07, 6.45) is 0. The maximum Gasteiger partial charge on any atom is 0.335 e. The number of nitrogens with one attached hydrogen (secondary N) is 1. The Morgan fingerprint density at radius 2 is 1.85 bits per heavy atom. The molecule has 0 aliphatic carbocycles. The molecule has 0 heterocycles. The first-order chi connectivity index (χ1) is 9.56. The molecule has 2 aromatic rings. The minimum Gasteiger partial charge on any atom is -0.508 e. The number of hydrogen-bond acceptors (Lipinski definition) is 4. The Bertz CT molecular complexity index is 598. The van der Waals surface area contributed by atoms with Crippen LogP contribution in [0.2, 0.25) is 0 Å². The Balaban J connectivity index is 2.43. The van der Waals surface area contributed by atoms with Crippen molar-refractivity contribution in [1.29, 1.82) is 0 Å². The molecule has 0 aliphatic rings. The van der Waals surface area contributed by atoms with Crippen LogP contribution in [0.5, 0.6) is 5.75 Å². The first kappa shape index (κ1) is 13.9. The van der Waals surface area contributed by atoms with Gasteiger partial charge in [0.2, 0.25) is 0 Å². The van der Waals surface area contributed by atoms with Crippen LogP contribution in [0.15, 0.2) is 54.6 Å². The number of phenolic OH excluding ortho intramolecular Hbond substituents is 1. The van der Waals surface area contributed by atoms with Crippen molar-refractivity contribution in [2.45, 2.75) is 12.5 Å². The summed E-state index contributed by atoms with van der Waals surface area (Å²) in [6.45, 7) is 1.72. The normalized spacial score (nSPS) is 13.3. The van der Waals surface area contributed by atoms with Gasteiger partial charge in [0.05, 0.1) is 7.11 Å². The standard InChI is InChI=1S/C16H17NO3/c1-16(15(19)20-2,12-7-6-10-14(18)11-12)17-13-8-4-3-5-9-13/h3-11,17-18H,1-2H3. The number of carbonyl (C=O) groups excluding carboxylic acids is 1. The van der Waals surface area contributed by atoms with Gasteiger partial charge < -0.3 is 15.2 Å². The number of ether oxygens (including phenoxy) is 1. The highest BCUT2D eigenvalue weighted by atomic mass is 16.5. The molecule has 1 unspecified atom stereocenters. The zero-order valence-electron chi connectivity index (χ0n) is 11.5. The Kier molecular flexibility index (Phi) is 3.94. The average molecular weight is 271 g/mol. The van der Waals surface area contributed by atoms with Crippen molar-refractivity contribution < 1.29 is 14.6 Å². The number of aromatic hydroxyl groups is 1. The molecule has 4 heteroatoms. The highest BCUT2D eigenvalue weighted by Gasteiger charge is 2.36. The van der Waals surface area contributed by atoms with Gasteiger partial charge in [-0.2, -0.15) is 0 Å². The fraction of sp³-hybridized carbons (Fsp3) is 0.188. The number of rotatable bonds is 4. The number of esters is 1. The Hall–Kier alpha value is -2.49. The third kappa shape index (κ3) is 2.74. The minimum atomic E-state index is -1.07. The summed E-state index contributed by atoms with van der Waals surface area (Å²) in [5, 5.41) is 12.8. The quantitative estimate of drug-likeness (QED) is 0.839. The zero-order valence-corrected chi connectivity index (χ0v) is 11.5. The van der Waals surface area contributed by atoms with Gasteiger partial charge in [0.1, 0.15) is 5.75 Å². The third-order valence-electron chi connectivity index (χ3n) is 3.19. The maximum absolute atomic E-state index is 12.2. The van der Waals surface area contributed by atoms with Crippen molar-refractivity contribution in [2.75, 3.05) is 12.4 Å². The summed E-state index contributed by atoms with van der Waals surface area (Å²) in [5.41, 5.74) is 0.353. The van der Waals surface area contributed by atoms with Gasteiger partial charge in [-0.1, -0.05) is 30.3 Å². The lowest BCUT2D eigenvalue weighted by Crippen LogP contribution is -2.41. The third-order valence-corrected chi connectivity index (χ3v) is 3.19. The van der Waals surface area contributed by atoms with Crippen LogP contribution in [0.1, 0.15) is 12.5 Å². The topological polar surface area (TPSA) is 58.6 Å². The van der Waals surface area contributed by atoms with Gasteiger partial charge in [0, 0.05) is 5.69 Å². The van der Waals surface area contributed by atoms with E-state index in [0.717, 1.165) is 5.69 Å². The van der Waals surface area contributed by atoms with Gasteiger partial charge in [-0.05, 0) is 36.8 Å². The monoisotopic (exact) mass is 271 g/mol. The van der Waals surface area contributed by atoms with E-state index in [1.54, 1.807) is 31.2 Å². The fourth-order valence-electron chi connectivity index (χ4n) is 2.07. The number of para-hydroxylation sites is 1. The minimum absolute atomic E-state index is 0.104. The summed E-state index contributed by atoms with van der Waals surface area (Å²) < 4.78 is 4.90. The molecular formula is C16H17NO3. The number of hydrogen-bond donors (Lipinski definition) is 2. The van der Waals surface area contributed by atoms with E-state index in [2.05, 4.69) is 5.32 Å². The molecule has 1 atom stereocenters. The molecule has 0 amide bonds. The molecule has 0 bridgehead atoms. The Morgan fingerprint density at radius 1 is 1.15 bits per heavy atom. The number of phenols is 1. The van der Waals surface area contributed by atoms with E-state index in [1.165, 1.54) is 7.11 Å². The van der Waals surface area contributed by atoms with Crippen LogP contribution in [0.25, 0.3) is 0 Å². The van der Waals surface area contributed by atoms with Gasteiger partial charge in [-0.25, -0.2) is 4.79 Å². The molecule has 2 N–H and O–H groups in total. The van der Waals surface area contributed by atoms with Gasteiger partial charge in [0.25, 0.3) is 0 Å². The van der Waals surface area contributed by atoms with Crippen LogP contribution in [-0.4, -0.2) is 18.2 Å².